The molecule has 0 saturated heterocycles. The molecule has 3 aromatic rings. The summed E-state index contributed by atoms with van der Waals surface area (Å²) in [6.07, 6.45) is 0.0630. The molecule has 0 amide bonds. The van der Waals surface area contributed by atoms with Crippen LogP contribution in [0.2, 0.25) is 10.0 Å². The molecule has 0 saturated carbocycles. The number of methoxy groups -OCH3 is 1. The lowest BCUT2D eigenvalue weighted by Gasteiger charge is -2.19. The molecule has 1 unspecified atom stereocenters. The second-order valence-electron chi connectivity index (χ2n) is 7.77. The SMILES string of the molecule is COc1ccc(CC(Nc2nc(F)c(Cl)c(Oc3ccc(O)c(C(C)C)c3)c2Cl)C(=O)O)cc1. The van der Waals surface area contributed by atoms with Crippen molar-refractivity contribution in [2.75, 3.05) is 12.4 Å². The van der Waals surface area contributed by atoms with E-state index in [1.807, 2.05) is 13.8 Å². The molecule has 1 aromatic heterocycles. The van der Waals surface area contributed by atoms with E-state index in [-0.39, 0.29) is 40.4 Å². The maximum absolute atomic E-state index is 14.5. The number of hydrogen-bond donors (Lipinski definition) is 3. The Bertz CT molecular complexity index is 1190. The molecule has 0 radical (unpaired) electrons. The molecule has 3 N–H and O–H groups in total. The first-order valence-corrected chi connectivity index (χ1v) is 11.0. The third-order valence-corrected chi connectivity index (χ3v) is 5.72. The van der Waals surface area contributed by atoms with E-state index in [4.69, 9.17) is 32.7 Å². The standard InChI is InChI=1S/C24H23Cl2FN2O5/c1-12(2)16-11-15(8-9-18(16)30)34-21-19(25)22(27)29-23(20(21)26)28-17(24(31)32)10-13-4-6-14(33-3)7-5-13/h4-9,11-12,17,30H,10H2,1-3H3,(H,28,29)(H,31,32). The van der Waals surface area contributed by atoms with Crippen LogP contribution in [0.25, 0.3) is 0 Å². The lowest BCUT2D eigenvalue weighted by molar-refractivity contribution is -0.137. The van der Waals surface area contributed by atoms with E-state index in [1.165, 1.54) is 19.2 Å². The molecular weight excluding hydrogens is 486 g/mol. The Balaban J connectivity index is 1.91. The van der Waals surface area contributed by atoms with Crippen molar-refractivity contribution in [2.24, 2.45) is 0 Å². The van der Waals surface area contributed by atoms with Crippen molar-refractivity contribution in [3.05, 3.63) is 69.6 Å². The fraction of sp³-hybridized carbons (Fsp3) is 0.250. The monoisotopic (exact) mass is 508 g/mol. The number of hydrogen-bond acceptors (Lipinski definition) is 6. The first kappa shape index (κ1) is 25.4. The number of aromatic hydroxyl groups is 1. The van der Waals surface area contributed by atoms with Crippen LogP contribution in [0.1, 0.15) is 30.9 Å². The zero-order chi connectivity index (χ0) is 25.0. The number of benzene rings is 2. The van der Waals surface area contributed by atoms with E-state index in [2.05, 4.69) is 10.3 Å². The van der Waals surface area contributed by atoms with Crippen molar-refractivity contribution < 1.29 is 28.9 Å². The molecule has 10 heteroatoms. The van der Waals surface area contributed by atoms with Gasteiger partial charge in [0.2, 0.25) is 5.95 Å². The lowest BCUT2D eigenvalue weighted by atomic mass is 10.0. The molecule has 1 heterocycles. The van der Waals surface area contributed by atoms with Gasteiger partial charge in [-0.3, -0.25) is 0 Å². The van der Waals surface area contributed by atoms with Crippen LogP contribution in [0.5, 0.6) is 23.0 Å². The number of rotatable bonds is 9. The smallest absolute Gasteiger partial charge is 0.326 e. The first-order valence-electron chi connectivity index (χ1n) is 10.3. The van der Waals surface area contributed by atoms with Crippen LogP contribution in [0.15, 0.2) is 42.5 Å². The van der Waals surface area contributed by atoms with Crippen molar-refractivity contribution in [2.45, 2.75) is 32.2 Å². The molecule has 7 nitrogen and oxygen atoms in total. The fourth-order valence-corrected chi connectivity index (χ4v) is 3.67. The minimum absolute atomic E-state index is 0.00447. The number of carboxylic acid groups (broad SMARTS) is 1. The average molecular weight is 509 g/mol. The van der Waals surface area contributed by atoms with Crippen molar-refractivity contribution in [3.8, 4) is 23.0 Å². The number of pyridine rings is 1. The Labute approximate surface area is 206 Å². The molecule has 2 aromatic carbocycles. The van der Waals surface area contributed by atoms with Gasteiger partial charge in [0, 0.05) is 12.0 Å². The van der Waals surface area contributed by atoms with Crippen molar-refractivity contribution in [3.63, 3.8) is 0 Å². The Kier molecular flexibility index (Phi) is 8.06. The lowest BCUT2D eigenvalue weighted by Crippen LogP contribution is -2.32. The van der Waals surface area contributed by atoms with E-state index in [9.17, 15) is 19.4 Å². The van der Waals surface area contributed by atoms with Crippen LogP contribution < -0.4 is 14.8 Å². The summed E-state index contributed by atoms with van der Waals surface area (Å²) in [6, 6.07) is 10.2. The molecule has 0 bridgehead atoms. The number of nitrogens with one attached hydrogen (secondary N) is 1. The third-order valence-electron chi connectivity index (χ3n) is 5.05. The zero-order valence-corrected chi connectivity index (χ0v) is 20.1. The number of carboxylic acids is 1. The Morgan fingerprint density at radius 3 is 2.35 bits per heavy atom. The van der Waals surface area contributed by atoms with Crippen LogP contribution in [0, 0.1) is 5.95 Å². The van der Waals surface area contributed by atoms with Gasteiger partial charge in [0.1, 0.15) is 33.3 Å². The largest absolute Gasteiger partial charge is 0.508 e. The predicted molar refractivity (Wildman–Crippen MR) is 128 cm³/mol. The Hall–Kier alpha value is -3.23. The Morgan fingerprint density at radius 1 is 1.12 bits per heavy atom. The van der Waals surface area contributed by atoms with E-state index in [1.54, 1.807) is 30.3 Å². The predicted octanol–water partition coefficient (Wildman–Crippen LogP) is 6.27. The van der Waals surface area contributed by atoms with E-state index in [0.29, 0.717) is 16.9 Å². The average Bonchev–Trinajstić information content (AvgIpc) is 2.80. The number of phenols is 1. The number of phenolic OH excluding ortho intramolecular Hbond substituents is 1. The summed E-state index contributed by atoms with van der Waals surface area (Å²) in [7, 11) is 1.53. The van der Waals surface area contributed by atoms with Gasteiger partial charge in [0.25, 0.3) is 0 Å². The van der Waals surface area contributed by atoms with Crippen LogP contribution in [-0.2, 0) is 11.2 Å². The molecule has 0 aliphatic rings. The van der Waals surface area contributed by atoms with Gasteiger partial charge in [0.05, 0.1) is 7.11 Å². The van der Waals surface area contributed by atoms with Gasteiger partial charge in [-0.05, 0) is 41.8 Å². The van der Waals surface area contributed by atoms with E-state index < -0.39 is 23.0 Å². The Morgan fingerprint density at radius 2 is 1.76 bits per heavy atom. The highest BCUT2D eigenvalue weighted by Gasteiger charge is 2.25. The highest BCUT2D eigenvalue weighted by molar-refractivity contribution is 6.38. The van der Waals surface area contributed by atoms with Crippen LogP contribution >= 0.6 is 23.2 Å². The normalized spacial score (nSPS) is 11.9. The van der Waals surface area contributed by atoms with Crippen molar-refractivity contribution in [1.82, 2.24) is 4.98 Å². The van der Waals surface area contributed by atoms with Gasteiger partial charge in [-0.25, -0.2) is 4.79 Å². The van der Waals surface area contributed by atoms with Gasteiger partial charge in [0.15, 0.2) is 11.6 Å². The summed E-state index contributed by atoms with van der Waals surface area (Å²) in [4.78, 5) is 15.6. The molecule has 0 aliphatic carbocycles. The quantitative estimate of drug-likeness (QED) is 0.293. The highest BCUT2D eigenvalue weighted by atomic mass is 35.5. The van der Waals surface area contributed by atoms with Gasteiger partial charge >= 0.3 is 5.97 Å². The summed E-state index contributed by atoms with van der Waals surface area (Å²) < 4.78 is 25.4. The second-order valence-corrected chi connectivity index (χ2v) is 8.53. The number of anilines is 1. The molecule has 3 rings (SSSR count). The molecule has 1 atom stereocenters. The highest BCUT2D eigenvalue weighted by Crippen LogP contribution is 2.42. The minimum atomic E-state index is -1.19. The summed E-state index contributed by atoms with van der Waals surface area (Å²) >= 11 is 12.5. The summed E-state index contributed by atoms with van der Waals surface area (Å²) in [5.74, 6) is -1.76. The molecule has 0 aliphatic heterocycles. The molecule has 34 heavy (non-hydrogen) atoms. The maximum atomic E-state index is 14.5. The van der Waals surface area contributed by atoms with Gasteiger partial charge < -0.3 is 25.0 Å². The van der Waals surface area contributed by atoms with Gasteiger partial charge in [-0.15, -0.1) is 0 Å². The maximum Gasteiger partial charge on any atom is 0.326 e. The molecule has 180 valence electrons. The number of halogens is 3. The third kappa shape index (κ3) is 5.81. The molecular formula is C24H23Cl2FN2O5. The van der Waals surface area contributed by atoms with Gasteiger partial charge in [-0.1, -0.05) is 49.2 Å². The molecule has 0 fully saturated rings. The van der Waals surface area contributed by atoms with Gasteiger partial charge in [-0.2, -0.15) is 9.37 Å². The van der Waals surface area contributed by atoms with E-state index in [0.717, 1.165) is 0 Å². The van der Waals surface area contributed by atoms with Crippen LogP contribution in [0.4, 0.5) is 10.2 Å². The second kappa shape index (κ2) is 10.8. The van der Waals surface area contributed by atoms with E-state index >= 15 is 0 Å². The zero-order valence-electron chi connectivity index (χ0n) is 18.6. The first-order chi connectivity index (χ1) is 16.1. The summed E-state index contributed by atoms with van der Waals surface area (Å²) in [6.45, 7) is 3.78. The van der Waals surface area contributed by atoms with Crippen molar-refractivity contribution >= 4 is 35.0 Å². The number of aliphatic carboxylic acids is 1. The summed E-state index contributed by atoms with van der Waals surface area (Å²) in [5, 5.41) is 21.7. The number of carbonyl (C=O) groups is 1. The van der Waals surface area contributed by atoms with Crippen molar-refractivity contribution in [1.29, 1.82) is 0 Å². The number of aromatic nitrogens is 1. The number of ether oxygens (including phenoxy) is 2. The topological polar surface area (TPSA) is 101 Å². The summed E-state index contributed by atoms with van der Waals surface area (Å²) in [5.41, 5.74) is 1.32. The molecule has 0 spiro atoms. The van der Waals surface area contributed by atoms with Crippen LogP contribution in [0.3, 0.4) is 0 Å². The fourth-order valence-electron chi connectivity index (χ4n) is 3.22. The van der Waals surface area contributed by atoms with Crippen LogP contribution in [-0.4, -0.2) is 34.3 Å². The number of nitrogens with zero attached hydrogens (tertiary/aromatic N) is 1. The minimum Gasteiger partial charge on any atom is -0.508 e.